The van der Waals surface area contributed by atoms with Crippen LogP contribution in [0.3, 0.4) is 0 Å². The van der Waals surface area contributed by atoms with Gasteiger partial charge in [-0.1, -0.05) is 152 Å². The molecule has 8 aromatic carbocycles. The van der Waals surface area contributed by atoms with Gasteiger partial charge in [0.25, 0.3) is 0 Å². The number of benzene rings is 8. The van der Waals surface area contributed by atoms with E-state index < -0.39 is 23.9 Å². The summed E-state index contributed by atoms with van der Waals surface area (Å²) < 4.78 is 0. The van der Waals surface area contributed by atoms with Gasteiger partial charge >= 0.3 is 44.8 Å². The molecule has 1 aliphatic heterocycles. The predicted octanol–water partition coefficient (Wildman–Crippen LogP) is 10.3. The Morgan fingerprint density at radius 1 is 0.403 bits per heavy atom. The van der Waals surface area contributed by atoms with Gasteiger partial charge in [0.1, 0.15) is 20.4 Å². The zero-order valence-electron chi connectivity index (χ0n) is 34.9. The van der Waals surface area contributed by atoms with E-state index >= 15 is 0 Å². The Morgan fingerprint density at radius 3 is 1.29 bits per heavy atom. The molecule has 0 amide bonds. The van der Waals surface area contributed by atoms with Crippen LogP contribution in [0.2, 0.25) is 13.1 Å². The van der Waals surface area contributed by atoms with E-state index in [-0.39, 0.29) is 44.8 Å². The van der Waals surface area contributed by atoms with Gasteiger partial charge in [0.15, 0.2) is 0 Å². The summed E-state index contributed by atoms with van der Waals surface area (Å²) >= 11 is 0. The van der Waals surface area contributed by atoms with Crippen molar-refractivity contribution in [2.45, 2.75) is 19.5 Å². The summed E-state index contributed by atoms with van der Waals surface area (Å²) in [4.78, 5) is 0. The molecule has 0 bridgehead atoms. The molecule has 0 N–H and O–H groups in total. The van der Waals surface area contributed by atoms with Crippen LogP contribution in [0.5, 0.6) is 0 Å². The third-order valence-electron chi connectivity index (χ3n) is 11.8. The topological polar surface area (TPSA) is 0 Å². The minimum Gasteiger partial charge on any atom is -0.366 e. The van der Waals surface area contributed by atoms with Gasteiger partial charge in [-0.15, -0.1) is 35.4 Å². The van der Waals surface area contributed by atoms with Crippen molar-refractivity contribution in [3.63, 3.8) is 0 Å². The minimum atomic E-state index is -1.51. The number of fused-ring (bicyclic) bond motifs is 6. The maximum Gasteiger partial charge on any atom is 1.00 e. The summed E-state index contributed by atoms with van der Waals surface area (Å²) in [6.07, 6.45) is 17.9. The van der Waals surface area contributed by atoms with E-state index in [0.29, 0.717) is 0 Å². The molecule has 0 nitrogen and oxygen atoms in total. The maximum absolute atomic E-state index is 7.25. The van der Waals surface area contributed by atoms with Crippen LogP contribution in [-0.2, 0) is 51.2 Å². The SMILES string of the molecule is [Au+].[Au+].[C-]#Cc1ccc2c(c1)-c1ccccc1[Si]2(C)C.[C-]#Cc1ccc2c(c1)Cc1ccccc1-2.c1ccc([PH+](CC[PH+](c2ccccc2)c2ccccc2)c2ccccc2)cc1. The molecule has 0 unspecified atom stereocenters. The Morgan fingerprint density at radius 2 is 0.790 bits per heavy atom. The minimum absolute atomic E-state index is 0. The number of rotatable bonds is 7. The van der Waals surface area contributed by atoms with Crippen LogP contribution in [-0.4, -0.2) is 20.4 Å². The molecule has 1 aliphatic carbocycles. The molecule has 0 fully saturated rings. The summed E-state index contributed by atoms with van der Waals surface area (Å²) in [6.45, 7) is 4.79. The second-order valence-corrected chi connectivity index (χ2v) is 25.4. The summed E-state index contributed by atoms with van der Waals surface area (Å²) in [5, 5.41) is 9.06. The molecule has 310 valence electrons. The summed E-state index contributed by atoms with van der Waals surface area (Å²) in [6, 6.07) is 74.1. The second kappa shape index (κ2) is 22.2. The molecular formula is C57H48Au2P2Si+2. The molecule has 0 aromatic heterocycles. The normalized spacial score (nSPS) is 11.9. The van der Waals surface area contributed by atoms with Crippen LogP contribution in [0.4, 0.5) is 0 Å². The van der Waals surface area contributed by atoms with Crippen LogP contribution in [0.25, 0.3) is 22.3 Å². The van der Waals surface area contributed by atoms with Gasteiger partial charge in [0, 0.05) is 0 Å². The molecule has 0 saturated heterocycles. The number of hydrogen-bond donors (Lipinski definition) is 0. The van der Waals surface area contributed by atoms with E-state index in [1.165, 1.54) is 77.3 Å². The molecule has 5 heteroatoms. The molecule has 10 rings (SSSR count). The van der Waals surface area contributed by atoms with Gasteiger partial charge < -0.3 is 12.8 Å². The van der Waals surface area contributed by atoms with E-state index in [0.717, 1.165) is 17.5 Å². The molecule has 0 saturated carbocycles. The molecular weight excluding hydrogens is 1170 g/mol. The zero-order chi connectivity index (χ0) is 41.3. The maximum atomic E-state index is 7.25. The van der Waals surface area contributed by atoms with Crippen molar-refractivity contribution in [2.75, 3.05) is 12.3 Å². The Balaban J connectivity index is 0.000000162. The third-order valence-corrected chi connectivity index (χ3v) is 21.5. The molecule has 0 radical (unpaired) electrons. The van der Waals surface area contributed by atoms with Crippen molar-refractivity contribution in [2.24, 2.45) is 0 Å². The van der Waals surface area contributed by atoms with Crippen LogP contribution < -0.4 is 31.6 Å². The van der Waals surface area contributed by atoms with Crippen molar-refractivity contribution < 1.29 is 44.8 Å². The Kier molecular flexibility index (Phi) is 16.8. The van der Waals surface area contributed by atoms with Gasteiger partial charge in [-0.3, -0.25) is 11.8 Å². The third kappa shape index (κ3) is 10.6. The fourth-order valence-corrected chi connectivity index (χ4v) is 18.0. The van der Waals surface area contributed by atoms with Crippen molar-refractivity contribution in [1.29, 1.82) is 0 Å². The quantitative estimate of drug-likeness (QED) is 0.0646. The Bertz CT molecular complexity index is 2630. The molecule has 0 atom stereocenters. The van der Waals surface area contributed by atoms with Crippen molar-refractivity contribution in [3.8, 4) is 34.1 Å². The van der Waals surface area contributed by atoms with Gasteiger partial charge in [0.05, 0.1) is 37.1 Å². The molecule has 2 aliphatic rings. The zero-order valence-corrected chi connectivity index (χ0v) is 42.2. The van der Waals surface area contributed by atoms with Gasteiger partial charge in [0.2, 0.25) is 0 Å². The van der Waals surface area contributed by atoms with Gasteiger partial charge in [-0.2, -0.15) is 0 Å². The van der Waals surface area contributed by atoms with Crippen molar-refractivity contribution >= 4 is 55.5 Å². The van der Waals surface area contributed by atoms with Gasteiger partial charge in [-0.05, 0) is 93.1 Å². The largest absolute Gasteiger partial charge is 1.00 e. The first-order valence-corrected chi connectivity index (χ1v) is 27.1. The molecule has 1 heterocycles. The number of hydrogen-bond acceptors (Lipinski definition) is 0. The Labute approximate surface area is 404 Å². The summed E-state index contributed by atoms with van der Waals surface area (Å²) in [5.41, 5.74) is 9.74. The monoisotopic (exact) mass is 1220 g/mol. The van der Waals surface area contributed by atoms with E-state index in [4.69, 9.17) is 12.8 Å². The van der Waals surface area contributed by atoms with Crippen LogP contribution in [0.1, 0.15) is 22.3 Å². The average molecular weight is 1220 g/mol. The smallest absolute Gasteiger partial charge is 0.366 e. The first-order chi connectivity index (χ1) is 29.4. The first-order valence-electron chi connectivity index (χ1n) is 20.7. The molecule has 62 heavy (non-hydrogen) atoms. The van der Waals surface area contributed by atoms with Gasteiger partial charge in [-0.25, -0.2) is 0 Å². The van der Waals surface area contributed by atoms with E-state index in [1.807, 2.05) is 12.1 Å². The fourth-order valence-electron chi connectivity index (χ4n) is 8.74. The fraction of sp³-hybridized carbons (Fsp3) is 0.0877. The van der Waals surface area contributed by atoms with Crippen LogP contribution in [0.15, 0.2) is 206 Å². The van der Waals surface area contributed by atoms with Crippen molar-refractivity contribution in [3.05, 3.63) is 241 Å². The predicted molar refractivity (Wildman–Crippen MR) is 266 cm³/mol. The van der Waals surface area contributed by atoms with Crippen LogP contribution in [0, 0.1) is 24.7 Å². The Hall–Kier alpha value is -4.56. The first kappa shape index (κ1) is 46.9. The molecule has 8 aromatic rings. The van der Waals surface area contributed by atoms with E-state index in [1.54, 1.807) is 0 Å². The summed E-state index contributed by atoms with van der Waals surface area (Å²) in [7, 11) is -3.07. The standard InChI is InChI=1S/C26H24P2.C16H13Si.C15H9.2Au/c1-5-13-23(14-6-1)27(24-15-7-2-8-16-24)21-22-28(25-17-9-3-10-18-25)26-19-11-4-12-20-26;1-4-12-9-10-16-14(11-12)13-7-5-6-8-15(13)17(16,2)3;1-2-11-7-8-15-13(9-11)10-12-5-3-4-6-14(12)15;;/h1-20H,21-22H2;5-11H,2-3H3;3-9H,10H2;;/q;2*-1;2*+1/p+2. The van der Waals surface area contributed by atoms with E-state index in [2.05, 4.69) is 219 Å². The average Bonchev–Trinajstić information content (AvgIpc) is 3.80. The van der Waals surface area contributed by atoms with E-state index in [9.17, 15) is 0 Å². The van der Waals surface area contributed by atoms with Crippen LogP contribution >= 0.6 is 15.8 Å². The molecule has 0 spiro atoms. The van der Waals surface area contributed by atoms with Crippen molar-refractivity contribution in [1.82, 2.24) is 0 Å². The summed E-state index contributed by atoms with van der Waals surface area (Å²) in [5.74, 6) is 4.91. The second-order valence-electron chi connectivity index (χ2n) is 15.8.